The van der Waals surface area contributed by atoms with E-state index in [0.29, 0.717) is 5.75 Å². The molecule has 0 radical (unpaired) electrons. The number of phenols is 1. The van der Waals surface area contributed by atoms with Gasteiger partial charge in [-0.15, -0.1) is 0 Å². The van der Waals surface area contributed by atoms with Crippen LogP contribution in [0.15, 0.2) is 24.3 Å². The van der Waals surface area contributed by atoms with E-state index < -0.39 is 0 Å². The number of allylic oxidation sites excluding steroid dienone is 1. The van der Waals surface area contributed by atoms with Crippen LogP contribution in [0.5, 0.6) is 5.75 Å². The van der Waals surface area contributed by atoms with Crippen LogP contribution in [0.4, 0.5) is 0 Å². The van der Waals surface area contributed by atoms with Crippen LogP contribution in [0, 0.1) is 6.92 Å². The minimum absolute atomic E-state index is 0.370. The molecule has 0 atom stereocenters. The van der Waals surface area contributed by atoms with E-state index in [0.717, 1.165) is 16.5 Å². The topological polar surface area (TPSA) is 20.2 Å². The first-order chi connectivity index (χ1) is 5.75. The molecule has 0 aromatic heterocycles. The SMILES string of the molecule is Cc1cccc(/C=C/CBr)c1O. The lowest BCUT2D eigenvalue weighted by Crippen LogP contribution is -1.78. The molecule has 0 spiro atoms. The largest absolute Gasteiger partial charge is 0.507 e. The number of hydrogen-bond acceptors (Lipinski definition) is 1. The predicted molar refractivity (Wildman–Crippen MR) is 55.7 cm³/mol. The zero-order chi connectivity index (χ0) is 8.97. The number of aryl methyl sites for hydroxylation is 1. The van der Waals surface area contributed by atoms with Crippen molar-refractivity contribution in [3.05, 3.63) is 35.4 Å². The number of para-hydroxylation sites is 1. The van der Waals surface area contributed by atoms with Crippen LogP contribution < -0.4 is 0 Å². The Balaban J connectivity index is 3.00. The lowest BCUT2D eigenvalue weighted by Gasteiger charge is -2.01. The number of rotatable bonds is 2. The maximum atomic E-state index is 9.56. The van der Waals surface area contributed by atoms with Crippen molar-refractivity contribution in [2.24, 2.45) is 0 Å². The molecular weight excluding hydrogens is 216 g/mol. The molecule has 0 heterocycles. The van der Waals surface area contributed by atoms with Gasteiger partial charge in [0, 0.05) is 10.9 Å². The maximum Gasteiger partial charge on any atom is 0.125 e. The van der Waals surface area contributed by atoms with E-state index in [1.54, 1.807) is 0 Å². The minimum Gasteiger partial charge on any atom is -0.507 e. The Hall–Kier alpha value is -0.760. The maximum absolute atomic E-state index is 9.56. The molecule has 12 heavy (non-hydrogen) atoms. The van der Waals surface area contributed by atoms with Gasteiger partial charge in [-0.05, 0) is 12.5 Å². The molecule has 0 saturated carbocycles. The van der Waals surface area contributed by atoms with E-state index in [9.17, 15) is 5.11 Å². The highest BCUT2D eigenvalue weighted by Gasteiger charge is 1.98. The third-order valence-electron chi connectivity index (χ3n) is 1.66. The van der Waals surface area contributed by atoms with E-state index in [-0.39, 0.29) is 0 Å². The monoisotopic (exact) mass is 226 g/mol. The van der Waals surface area contributed by atoms with Crippen molar-refractivity contribution in [2.75, 3.05) is 5.33 Å². The number of alkyl halides is 1. The third kappa shape index (κ3) is 2.11. The Bertz CT molecular complexity index is 292. The van der Waals surface area contributed by atoms with Crippen molar-refractivity contribution < 1.29 is 5.11 Å². The van der Waals surface area contributed by atoms with Gasteiger partial charge in [0.25, 0.3) is 0 Å². The van der Waals surface area contributed by atoms with Gasteiger partial charge in [0.2, 0.25) is 0 Å². The summed E-state index contributed by atoms with van der Waals surface area (Å²) in [6, 6.07) is 5.71. The number of halogens is 1. The molecule has 1 aromatic carbocycles. The smallest absolute Gasteiger partial charge is 0.125 e. The zero-order valence-electron chi connectivity index (χ0n) is 6.92. The first-order valence-electron chi connectivity index (χ1n) is 3.77. The summed E-state index contributed by atoms with van der Waals surface area (Å²) in [4.78, 5) is 0. The minimum atomic E-state index is 0.370. The van der Waals surface area contributed by atoms with Gasteiger partial charge >= 0.3 is 0 Å². The van der Waals surface area contributed by atoms with Gasteiger partial charge in [0.05, 0.1) is 0 Å². The predicted octanol–water partition coefficient (Wildman–Crippen LogP) is 3.11. The fourth-order valence-corrected chi connectivity index (χ4v) is 1.17. The lowest BCUT2D eigenvalue weighted by atomic mass is 10.1. The summed E-state index contributed by atoms with van der Waals surface area (Å²) in [6.45, 7) is 1.89. The first kappa shape index (κ1) is 9.33. The number of benzene rings is 1. The van der Waals surface area contributed by atoms with Crippen LogP contribution in [0.25, 0.3) is 6.08 Å². The van der Waals surface area contributed by atoms with E-state index in [4.69, 9.17) is 0 Å². The molecule has 0 aliphatic rings. The molecule has 1 N–H and O–H groups in total. The molecule has 0 amide bonds. The summed E-state index contributed by atoms with van der Waals surface area (Å²) in [5.74, 6) is 0.370. The zero-order valence-corrected chi connectivity index (χ0v) is 8.51. The van der Waals surface area contributed by atoms with E-state index >= 15 is 0 Å². The van der Waals surface area contributed by atoms with Gasteiger partial charge in [-0.3, -0.25) is 0 Å². The molecule has 1 aromatic rings. The molecular formula is C10H11BrO. The molecule has 64 valence electrons. The van der Waals surface area contributed by atoms with Gasteiger partial charge in [-0.1, -0.05) is 46.3 Å². The van der Waals surface area contributed by atoms with Crippen LogP contribution in [0.3, 0.4) is 0 Å². The van der Waals surface area contributed by atoms with E-state index in [1.807, 2.05) is 37.3 Å². The second-order valence-corrected chi connectivity index (χ2v) is 3.22. The summed E-state index contributed by atoms with van der Waals surface area (Å²) < 4.78 is 0. The van der Waals surface area contributed by atoms with Gasteiger partial charge < -0.3 is 5.11 Å². The Kier molecular flexibility index (Phi) is 3.35. The normalized spacial score (nSPS) is 10.8. The van der Waals surface area contributed by atoms with Gasteiger partial charge in [-0.2, -0.15) is 0 Å². The van der Waals surface area contributed by atoms with E-state index in [1.165, 1.54) is 0 Å². The van der Waals surface area contributed by atoms with E-state index in [2.05, 4.69) is 15.9 Å². The molecule has 2 heteroatoms. The summed E-state index contributed by atoms with van der Waals surface area (Å²) >= 11 is 3.28. The Labute approximate surface area is 80.9 Å². The quantitative estimate of drug-likeness (QED) is 0.769. The summed E-state index contributed by atoms with van der Waals surface area (Å²) in [5, 5.41) is 10.4. The van der Waals surface area contributed by atoms with Crippen molar-refractivity contribution in [1.82, 2.24) is 0 Å². The highest BCUT2D eigenvalue weighted by molar-refractivity contribution is 9.09. The lowest BCUT2D eigenvalue weighted by molar-refractivity contribution is 0.470. The Morgan fingerprint density at radius 1 is 1.50 bits per heavy atom. The molecule has 0 saturated heterocycles. The molecule has 0 aliphatic carbocycles. The standard InChI is InChI=1S/C10H11BrO/c1-8-4-2-5-9(10(8)12)6-3-7-11/h2-6,12H,7H2,1H3/b6-3+. The van der Waals surface area contributed by atoms with Gasteiger partial charge in [-0.25, -0.2) is 0 Å². The van der Waals surface area contributed by atoms with Gasteiger partial charge in [0.15, 0.2) is 0 Å². The number of hydrogen-bond donors (Lipinski definition) is 1. The molecule has 0 fully saturated rings. The second-order valence-electron chi connectivity index (χ2n) is 2.57. The van der Waals surface area contributed by atoms with Crippen molar-refractivity contribution >= 4 is 22.0 Å². The molecule has 1 rings (SSSR count). The number of phenolic OH excluding ortho intramolecular Hbond substituents is 1. The summed E-state index contributed by atoms with van der Waals surface area (Å²) in [5.41, 5.74) is 1.78. The van der Waals surface area contributed by atoms with Gasteiger partial charge in [0.1, 0.15) is 5.75 Å². The highest BCUT2D eigenvalue weighted by atomic mass is 79.9. The average molecular weight is 227 g/mol. The molecule has 0 bridgehead atoms. The molecule has 0 aliphatic heterocycles. The third-order valence-corrected chi connectivity index (χ3v) is 2.03. The Morgan fingerprint density at radius 3 is 2.92 bits per heavy atom. The van der Waals surface area contributed by atoms with Crippen LogP contribution in [0.2, 0.25) is 0 Å². The van der Waals surface area contributed by atoms with Crippen molar-refractivity contribution in [1.29, 1.82) is 0 Å². The van der Waals surface area contributed by atoms with Crippen molar-refractivity contribution in [3.63, 3.8) is 0 Å². The Morgan fingerprint density at radius 2 is 2.25 bits per heavy atom. The highest BCUT2D eigenvalue weighted by Crippen LogP contribution is 2.22. The fourth-order valence-electron chi connectivity index (χ4n) is 0.988. The average Bonchev–Trinajstić information content (AvgIpc) is 2.08. The first-order valence-corrected chi connectivity index (χ1v) is 4.89. The van der Waals surface area contributed by atoms with Crippen molar-refractivity contribution in [3.8, 4) is 5.75 Å². The molecule has 1 nitrogen and oxygen atoms in total. The molecule has 0 unspecified atom stereocenters. The van der Waals surface area contributed by atoms with Crippen LogP contribution in [-0.4, -0.2) is 10.4 Å². The van der Waals surface area contributed by atoms with Crippen molar-refractivity contribution in [2.45, 2.75) is 6.92 Å². The van der Waals surface area contributed by atoms with Crippen LogP contribution in [-0.2, 0) is 0 Å². The summed E-state index contributed by atoms with van der Waals surface area (Å²) in [7, 11) is 0. The van der Waals surface area contributed by atoms with Crippen LogP contribution in [0.1, 0.15) is 11.1 Å². The second kappa shape index (κ2) is 4.31. The van der Waals surface area contributed by atoms with Crippen LogP contribution >= 0.6 is 15.9 Å². The summed E-state index contributed by atoms with van der Waals surface area (Å²) in [6.07, 6.45) is 3.85. The fraction of sp³-hybridized carbons (Fsp3) is 0.200. The number of aromatic hydroxyl groups is 1.